The van der Waals surface area contributed by atoms with E-state index in [2.05, 4.69) is 21.3 Å². The number of aromatic hydroxyl groups is 1. The number of rotatable bonds is 13. The minimum Gasteiger partial charge on any atom is -0.508 e. The van der Waals surface area contributed by atoms with Crippen LogP contribution < -0.4 is 27.0 Å². The summed E-state index contributed by atoms with van der Waals surface area (Å²) in [5.41, 5.74) is 6.56. The first kappa shape index (κ1) is 29.1. The Morgan fingerprint density at radius 3 is 2.03 bits per heavy atom. The predicted octanol–water partition coefficient (Wildman–Crippen LogP) is -0.656. The first-order valence-corrected chi connectivity index (χ1v) is 12.6. The molecule has 4 atom stereocenters. The molecule has 0 radical (unpaired) electrons. The van der Waals surface area contributed by atoms with Gasteiger partial charge in [-0.15, -0.1) is 0 Å². The smallest absolute Gasteiger partial charge is 0.326 e. The molecule has 2 aromatic carbocycles. The van der Waals surface area contributed by atoms with Crippen molar-refractivity contribution in [2.24, 2.45) is 5.73 Å². The number of nitrogens with two attached hydrogens (primary N) is 1. The molecule has 12 nitrogen and oxygen atoms in total. The van der Waals surface area contributed by atoms with Crippen molar-refractivity contribution in [1.82, 2.24) is 21.3 Å². The second-order valence-electron chi connectivity index (χ2n) is 9.40. The quantitative estimate of drug-likeness (QED) is 0.174. The molecule has 8 N–H and O–H groups in total. The highest BCUT2D eigenvalue weighted by atomic mass is 16.4. The van der Waals surface area contributed by atoms with Crippen LogP contribution in [-0.4, -0.2) is 70.5 Å². The summed E-state index contributed by atoms with van der Waals surface area (Å²) in [6.07, 6.45) is 0.836. The van der Waals surface area contributed by atoms with Gasteiger partial charge in [0.05, 0.1) is 12.5 Å². The van der Waals surface area contributed by atoms with E-state index in [-0.39, 0.29) is 18.6 Å². The third-order valence-electron chi connectivity index (χ3n) is 6.32. The predicted molar refractivity (Wildman–Crippen MR) is 140 cm³/mol. The zero-order valence-electron chi connectivity index (χ0n) is 21.3. The average Bonchev–Trinajstić information content (AvgIpc) is 3.44. The maximum atomic E-state index is 13.3. The molecular formula is C27H33N5O7. The van der Waals surface area contributed by atoms with Crippen molar-refractivity contribution in [2.45, 2.75) is 56.3 Å². The lowest BCUT2D eigenvalue weighted by Crippen LogP contribution is -2.58. The first-order chi connectivity index (χ1) is 18.6. The van der Waals surface area contributed by atoms with Crippen LogP contribution in [-0.2, 0) is 36.8 Å². The molecule has 1 heterocycles. The number of primary amides is 1. The first-order valence-electron chi connectivity index (χ1n) is 12.6. The Bertz CT molecular complexity index is 1170. The van der Waals surface area contributed by atoms with Gasteiger partial charge >= 0.3 is 5.97 Å². The van der Waals surface area contributed by atoms with Crippen LogP contribution in [0.15, 0.2) is 54.6 Å². The van der Waals surface area contributed by atoms with E-state index in [1.54, 1.807) is 30.3 Å². The van der Waals surface area contributed by atoms with Gasteiger partial charge in [-0.1, -0.05) is 42.5 Å². The summed E-state index contributed by atoms with van der Waals surface area (Å²) in [6.45, 7) is 0.652. The van der Waals surface area contributed by atoms with Gasteiger partial charge in [0.1, 0.15) is 23.9 Å². The third-order valence-corrected chi connectivity index (χ3v) is 6.32. The van der Waals surface area contributed by atoms with E-state index in [0.29, 0.717) is 24.1 Å². The Balaban J connectivity index is 1.77. The lowest BCUT2D eigenvalue weighted by molar-refractivity contribution is -0.142. The number of nitrogens with one attached hydrogen (secondary N) is 4. The van der Waals surface area contributed by atoms with Gasteiger partial charge in [-0.3, -0.25) is 19.2 Å². The van der Waals surface area contributed by atoms with Crippen molar-refractivity contribution >= 4 is 29.6 Å². The van der Waals surface area contributed by atoms with Crippen LogP contribution in [0.25, 0.3) is 0 Å². The molecule has 4 amide bonds. The van der Waals surface area contributed by atoms with Gasteiger partial charge in [0.2, 0.25) is 23.6 Å². The highest BCUT2D eigenvalue weighted by Gasteiger charge is 2.32. The van der Waals surface area contributed by atoms with Gasteiger partial charge in [-0.2, -0.15) is 0 Å². The topological polar surface area (TPSA) is 200 Å². The molecule has 12 heteroatoms. The summed E-state index contributed by atoms with van der Waals surface area (Å²) >= 11 is 0. The minimum absolute atomic E-state index is 0.0154. The van der Waals surface area contributed by atoms with E-state index < -0.39 is 60.2 Å². The lowest BCUT2D eigenvalue weighted by atomic mass is 10.0. The Morgan fingerprint density at radius 2 is 1.44 bits per heavy atom. The fourth-order valence-electron chi connectivity index (χ4n) is 4.26. The zero-order chi connectivity index (χ0) is 28.4. The largest absolute Gasteiger partial charge is 0.508 e. The van der Waals surface area contributed by atoms with Crippen LogP contribution >= 0.6 is 0 Å². The van der Waals surface area contributed by atoms with Crippen LogP contribution in [0.3, 0.4) is 0 Å². The normalized spacial score (nSPS) is 16.9. The molecule has 39 heavy (non-hydrogen) atoms. The Kier molecular flexibility index (Phi) is 10.4. The van der Waals surface area contributed by atoms with Crippen LogP contribution in [0, 0.1) is 0 Å². The second-order valence-corrected chi connectivity index (χ2v) is 9.40. The summed E-state index contributed by atoms with van der Waals surface area (Å²) in [4.78, 5) is 62.7. The monoisotopic (exact) mass is 539 g/mol. The molecule has 1 aliphatic heterocycles. The number of amides is 4. The molecule has 2 aromatic rings. The number of phenols is 1. The van der Waals surface area contributed by atoms with Crippen molar-refractivity contribution in [1.29, 1.82) is 0 Å². The molecule has 3 rings (SSSR count). The van der Waals surface area contributed by atoms with Crippen molar-refractivity contribution in [3.63, 3.8) is 0 Å². The maximum Gasteiger partial charge on any atom is 0.326 e. The van der Waals surface area contributed by atoms with Crippen molar-refractivity contribution < 1.29 is 34.2 Å². The van der Waals surface area contributed by atoms with E-state index in [0.717, 1.165) is 6.42 Å². The van der Waals surface area contributed by atoms with Crippen LogP contribution in [0.2, 0.25) is 0 Å². The number of carboxylic acids is 1. The number of aliphatic carboxylic acids is 1. The SMILES string of the molecule is NC(=O)CC(NC(=O)C1CCCN1)C(=O)NC(Cc1ccccc1)C(=O)NC(Cc1ccc(O)cc1)C(=O)O. The molecule has 208 valence electrons. The number of phenolic OH excluding ortho intramolecular Hbond substituents is 1. The van der Waals surface area contributed by atoms with E-state index in [1.807, 2.05) is 0 Å². The fraction of sp³-hybridized carbons (Fsp3) is 0.370. The van der Waals surface area contributed by atoms with E-state index in [4.69, 9.17) is 5.73 Å². The van der Waals surface area contributed by atoms with Gasteiger partial charge in [0.15, 0.2) is 0 Å². The van der Waals surface area contributed by atoms with Gasteiger partial charge in [-0.05, 0) is 42.6 Å². The van der Waals surface area contributed by atoms with E-state index >= 15 is 0 Å². The number of hydrogen-bond donors (Lipinski definition) is 7. The Labute approximate surface area is 225 Å². The summed E-state index contributed by atoms with van der Waals surface area (Å²) < 4.78 is 0. The van der Waals surface area contributed by atoms with Crippen molar-refractivity contribution in [3.05, 3.63) is 65.7 Å². The van der Waals surface area contributed by atoms with Gasteiger partial charge in [0, 0.05) is 12.8 Å². The molecule has 1 saturated heterocycles. The lowest BCUT2D eigenvalue weighted by Gasteiger charge is -2.25. The Hall–Kier alpha value is -4.45. The average molecular weight is 540 g/mol. The highest BCUT2D eigenvalue weighted by molar-refractivity contribution is 5.96. The number of carbonyl (C=O) groups is 5. The molecule has 0 spiro atoms. The standard InChI is InChI=1S/C27H33N5O7/c28-23(34)15-21(31-24(35)19-7-4-12-29-19)26(37)30-20(13-16-5-2-1-3-6-16)25(36)32-22(27(38)39)14-17-8-10-18(33)11-9-17/h1-3,5-6,8-11,19-22,29,33H,4,7,12-15H2,(H2,28,34)(H,30,37)(H,31,35)(H,32,36)(H,38,39). The summed E-state index contributed by atoms with van der Waals surface area (Å²) in [7, 11) is 0. The molecule has 0 aliphatic carbocycles. The maximum absolute atomic E-state index is 13.3. The summed E-state index contributed by atoms with van der Waals surface area (Å²) in [5.74, 6) is -4.12. The molecule has 1 aliphatic rings. The molecule has 4 unspecified atom stereocenters. The van der Waals surface area contributed by atoms with Crippen LogP contribution in [0.4, 0.5) is 0 Å². The number of carboxylic acid groups (broad SMARTS) is 1. The number of hydrogen-bond acceptors (Lipinski definition) is 7. The van der Waals surface area contributed by atoms with Crippen molar-refractivity contribution in [3.8, 4) is 5.75 Å². The summed E-state index contributed by atoms with van der Waals surface area (Å²) in [5, 5.41) is 29.8. The molecule has 0 saturated carbocycles. The number of carbonyl (C=O) groups excluding carboxylic acids is 4. The molecular weight excluding hydrogens is 506 g/mol. The third kappa shape index (κ3) is 9.11. The van der Waals surface area contributed by atoms with Crippen LogP contribution in [0.5, 0.6) is 5.75 Å². The van der Waals surface area contributed by atoms with Crippen molar-refractivity contribution in [2.75, 3.05) is 6.54 Å². The molecule has 1 fully saturated rings. The second kappa shape index (κ2) is 13.9. The number of benzene rings is 2. The minimum atomic E-state index is -1.33. The van der Waals surface area contributed by atoms with E-state index in [9.17, 15) is 34.2 Å². The van der Waals surface area contributed by atoms with Gasteiger partial charge in [-0.25, -0.2) is 4.79 Å². The van der Waals surface area contributed by atoms with Crippen LogP contribution in [0.1, 0.15) is 30.4 Å². The summed E-state index contributed by atoms with van der Waals surface area (Å²) in [6, 6.07) is 10.3. The fourth-order valence-corrected chi connectivity index (χ4v) is 4.26. The van der Waals surface area contributed by atoms with Gasteiger partial charge in [0.25, 0.3) is 0 Å². The zero-order valence-corrected chi connectivity index (χ0v) is 21.3. The van der Waals surface area contributed by atoms with E-state index in [1.165, 1.54) is 24.3 Å². The highest BCUT2D eigenvalue weighted by Crippen LogP contribution is 2.12. The molecule has 0 aromatic heterocycles. The molecule has 0 bridgehead atoms. The van der Waals surface area contributed by atoms with Gasteiger partial charge < -0.3 is 37.2 Å². The Morgan fingerprint density at radius 1 is 0.846 bits per heavy atom.